The number of anilines is 2. The average molecular weight is 273 g/mol. The zero-order chi connectivity index (χ0) is 14.5. The fourth-order valence-electron chi connectivity index (χ4n) is 1.70. The number of pyridine rings is 1. The first-order valence-electron chi connectivity index (χ1n) is 6.37. The lowest BCUT2D eigenvalue weighted by Crippen LogP contribution is -2.14. The van der Waals surface area contributed by atoms with Gasteiger partial charge >= 0.3 is 0 Å². The van der Waals surface area contributed by atoms with Crippen molar-refractivity contribution < 1.29 is 9.18 Å². The first-order chi connectivity index (χ1) is 9.60. The van der Waals surface area contributed by atoms with Crippen LogP contribution in [0.5, 0.6) is 0 Å². The molecule has 2 N–H and O–H groups in total. The van der Waals surface area contributed by atoms with Gasteiger partial charge in [-0.25, -0.2) is 9.37 Å². The number of nitrogens with one attached hydrogen (secondary N) is 2. The molecular weight excluding hydrogens is 257 g/mol. The Bertz CT molecular complexity index is 611. The van der Waals surface area contributed by atoms with Crippen LogP contribution in [0.25, 0.3) is 0 Å². The molecule has 0 unspecified atom stereocenters. The molecule has 1 aromatic carbocycles. The number of carbonyl (C=O) groups is 1. The summed E-state index contributed by atoms with van der Waals surface area (Å²) in [5.41, 5.74) is 2.09. The SMILES string of the molecule is CCNc1ccc(C(=O)Nc2ccc(C)c(F)c2)nc1. The highest BCUT2D eigenvalue weighted by molar-refractivity contribution is 6.02. The van der Waals surface area contributed by atoms with Gasteiger partial charge in [0.1, 0.15) is 11.5 Å². The second-order valence-corrected chi connectivity index (χ2v) is 4.38. The van der Waals surface area contributed by atoms with Crippen LogP contribution in [-0.4, -0.2) is 17.4 Å². The molecule has 1 heterocycles. The van der Waals surface area contributed by atoms with E-state index in [1.165, 1.54) is 6.07 Å². The number of amides is 1. The molecule has 2 rings (SSSR count). The van der Waals surface area contributed by atoms with Gasteiger partial charge in [-0.05, 0) is 43.7 Å². The molecular formula is C15H16FN3O. The van der Waals surface area contributed by atoms with Gasteiger partial charge in [0.05, 0.1) is 11.9 Å². The average Bonchev–Trinajstić information content (AvgIpc) is 2.44. The summed E-state index contributed by atoms with van der Waals surface area (Å²) in [5.74, 6) is -0.713. The van der Waals surface area contributed by atoms with E-state index >= 15 is 0 Å². The number of aryl methyl sites for hydroxylation is 1. The molecule has 0 bridgehead atoms. The van der Waals surface area contributed by atoms with E-state index in [4.69, 9.17) is 0 Å². The van der Waals surface area contributed by atoms with E-state index in [1.54, 1.807) is 37.4 Å². The third-order valence-corrected chi connectivity index (χ3v) is 2.81. The van der Waals surface area contributed by atoms with Crippen molar-refractivity contribution in [2.24, 2.45) is 0 Å². The third kappa shape index (κ3) is 3.32. The number of benzene rings is 1. The third-order valence-electron chi connectivity index (χ3n) is 2.81. The molecule has 0 radical (unpaired) electrons. The molecule has 0 saturated carbocycles. The van der Waals surface area contributed by atoms with E-state index in [0.29, 0.717) is 11.3 Å². The summed E-state index contributed by atoms with van der Waals surface area (Å²) in [5, 5.41) is 5.71. The lowest BCUT2D eigenvalue weighted by molar-refractivity contribution is 0.102. The van der Waals surface area contributed by atoms with Crippen LogP contribution >= 0.6 is 0 Å². The summed E-state index contributed by atoms with van der Waals surface area (Å²) in [7, 11) is 0. The van der Waals surface area contributed by atoms with Crippen molar-refractivity contribution in [3.05, 3.63) is 53.6 Å². The largest absolute Gasteiger partial charge is 0.384 e. The Morgan fingerprint density at radius 3 is 2.60 bits per heavy atom. The molecule has 1 amide bonds. The van der Waals surface area contributed by atoms with Gasteiger partial charge in [-0.2, -0.15) is 0 Å². The van der Waals surface area contributed by atoms with E-state index in [-0.39, 0.29) is 17.4 Å². The van der Waals surface area contributed by atoms with Crippen molar-refractivity contribution in [3.63, 3.8) is 0 Å². The van der Waals surface area contributed by atoms with Crippen LogP contribution in [0.4, 0.5) is 15.8 Å². The normalized spacial score (nSPS) is 10.2. The number of hydrogen-bond donors (Lipinski definition) is 2. The van der Waals surface area contributed by atoms with Gasteiger partial charge in [-0.15, -0.1) is 0 Å². The standard InChI is InChI=1S/C15H16FN3O/c1-3-17-12-6-7-14(18-9-12)15(20)19-11-5-4-10(2)13(16)8-11/h4-9,17H,3H2,1-2H3,(H,19,20). The Hall–Kier alpha value is -2.43. The quantitative estimate of drug-likeness (QED) is 0.899. The molecule has 20 heavy (non-hydrogen) atoms. The second-order valence-electron chi connectivity index (χ2n) is 4.38. The number of halogens is 1. The molecule has 0 saturated heterocycles. The van der Waals surface area contributed by atoms with Crippen molar-refractivity contribution in [1.29, 1.82) is 0 Å². The zero-order valence-electron chi connectivity index (χ0n) is 11.4. The molecule has 0 aliphatic carbocycles. The molecule has 0 fully saturated rings. The van der Waals surface area contributed by atoms with Gasteiger partial charge in [0.2, 0.25) is 0 Å². The predicted molar refractivity (Wildman–Crippen MR) is 77.5 cm³/mol. The van der Waals surface area contributed by atoms with Crippen LogP contribution in [-0.2, 0) is 0 Å². The van der Waals surface area contributed by atoms with Crippen LogP contribution in [0, 0.1) is 12.7 Å². The summed E-state index contributed by atoms with van der Waals surface area (Å²) in [6.45, 7) is 4.43. The predicted octanol–water partition coefficient (Wildman–Crippen LogP) is 3.21. The summed E-state index contributed by atoms with van der Waals surface area (Å²) in [4.78, 5) is 16.0. The topological polar surface area (TPSA) is 54.0 Å². The Kier molecular flexibility index (Phi) is 4.30. The summed E-state index contributed by atoms with van der Waals surface area (Å²) >= 11 is 0. The Morgan fingerprint density at radius 2 is 2.00 bits per heavy atom. The lowest BCUT2D eigenvalue weighted by Gasteiger charge is -2.07. The number of carbonyl (C=O) groups excluding carboxylic acids is 1. The molecule has 0 aliphatic rings. The van der Waals surface area contributed by atoms with E-state index in [1.807, 2.05) is 6.92 Å². The highest BCUT2D eigenvalue weighted by Gasteiger charge is 2.08. The molecule has 0 spiro atoms. The Balaban J connectivity index is 2.09. The molecule has 0 atom stereocenters. The van der Waals surface area contributed by atoms with Gasteiger partial charge < -0.3 is 10.6 Å². The maximum Gasteiger partial charge on any atom is 0.274 e. The van der Waals surface area contributed by atoms with Crippen LogP contribution in [0.3, 0.4) is 0 Å². The number of rotatable bonds is 4. The number of nitrogens with zero attached hydrogens (tertiary/aromatic N) is 1. The van der Waals surface area contributed by atoms with Crippen LogP contribution < -0.4 is 10.6 Å². The number of aromatic nitrogens is 1. The molecule has 1 aromatic heterocycles. The van der Waals surface area contributed by atoms with Gasteiger partial charge in [-0.1, -0.05) is 6.07 Å². The van der Waals surface area contributed by atoms with Crippen molar-refractivity contribution in [1.82, 2.24) is 4.98 Å². The molecule has 104 valence electrons. The van der Waals surface area contributed by atoms with Gasteiger partial charge in [0, 0.05) is 12.2 Å². The monoisotopic (exact) mass is 273 g/mol. The first-order valence-corrected chi connectivity index (χ1v) is 6.37. The second kappa shape index (κ2) is 6.14. The minimum absolute atomic E-state index is 0.285. The van der Waals surface area contributed by atoms with Crippen molar-refractivity contribution in [2.75, 3.05) is 17.2 Å². The summed E-state index contributed by atoms with van der Waals surface area (Å²) in [6.07, 6.45) is 1.59. The van der Waals surface area contributed by atoms with Crippen molar-refractivity contribution >= 4 is 17.3 Å². The number of hydrogen-bond acceptors (Lipinski definition) is 3. The molecule has 4 nitrogen and oxygen atoms in total. The molecule has 2 aromatic rings. The lowest BCUT2D eigenvalue weighted by atomic mass is 10.2. The van der Waals surface area contributed by atoms with Crippen molar-refractivity contribution in [2.45, 2.75) is 13.8 Å². The van der Waals surface area contributed by atoms with E-state index < -0.39 is 0 Å². The summed E-state index contributed by atoms with van der Waals surface area (Å²) in [6, 6.07) is 7.97. The Labute approximate surface area is 117 Å². The minimum atomic E-state index is -0.365. The first kappa shape index (κ1) is 14.0. The minimum Gasteiger partial charge on any atom is -0.384 e. The zero-order valence-corrected chi connectivity index (χ0v) is 11.4. The van der Waals surface area contributed by atoms with E-state index in [9.17, 15) is 9.18 Å². The highest BCUT2D eigenvalue weighted by Crippen LogP contribution is 2.14. The highest BCUT2D eigenvalue weighted by atomic mass is 19.1. The maximum atomic E-state index is 13.4. The van der Waals surface area contributed by atoms with Crippen LogP contribution in [0.2, 0.25) is 0 Å². The van der Waals surface area contributed by atoms with Crippen LogP contribution in [0.1, 0.15) is 23.0 Å². The van der Waals surface area contributed by atoms with Crippen LogP contribution in [0.15, 0.2) is 36.5 Å². The van der Waals surface area contributed by atoms with E-state index in [2.05, 4.69) is 15.6 Å². The smallest absolute Gasteiger partial charge is 0.274 e. The maximum absolute atomic E-state index is 13.4. The fourth-order valence-corrected chi connectivity index (χ4v) is 1.70. The fraction of sp³-hybridized carbons (Fsp3) is 0.200. The Morgan fingerprint density at radius 1 is 1.25 bits per heavy atom. The summed E-state index contributed by atoms with van der Waals surface area (Å²) < 4.78 is 13.4. The molecule has 0 aliphatic heterocycles. The van der Waals surface area contributed by atoms with Gasteiger partial charge in [0.25, 0.3) is 5.91 Å². The van der Waals surface area contributed by atoms with E-state index in [0.717, 1.165) is 12.2 Å². The molecule has 5 heteroatoms. The van der Waals surface area contributed by atoms with Crippen molar-refractivity contribution in [3.8, 4) is 0 Å². The van der Waals surface area contributed by atoms with Gasteiger partial charge in [0.15, 0.2) is 0 Å². The van der Waals surface area contributed by atoms with Gasteiger partial charge in [-0.3, -0.25) is 4.79 Å².